The van der Waals surface area contributed by atoms with Crippen LogP contribution in [0.25, 0.3) is 0 Å². The molecule has 0 aliphatic carbocycles. The molecule has 2 heterocycles. The van der Waals surface area contributed by atoms with Crippen LogP contribution in [0.15, 0.2) is 6.20 Å². The van der Waals surface area contributed by atoms with E-state index in [1.165, 1.54) is 6.20 Å². The van der Waals surface area contributed by atoms with Crippen LogP contribution in [-0.2, 0) is 4.79 Å². The summed E-state index contributed by atoms with van der Waals surface area (Å²) in [6.45, 7) is 5.25. The molecule has 21 heavy (non-hydrogen) atoms. The summed E-state index contributed by atoms with van der Waals surface area (Å²) in [5.74, 6) is -0.584. The number of likely N-dealkylation sites (N-methyl/N-ethyl adjacent to an activating group) is 1. The van der Waals surface area contributed by atoms with Crippen LogP contribution >= 0.6 is 0 Å². The lowest BCUT2D eigenvalue weighted by atomic mass is 10.2. The molecule has 1 aromatic heterocycles. The molecule has 0 unspecified atom stereocenters. The summed E-state index contributed by atoms with van der Waals surface area (Å²) < 4.78 is 0. The molecular weight excluding hydrogens is 272 g/mol. The second kappa shape index (κ2) is 6.07. The van der Waals surface area contributed by atoms with Crippen molar-refractivity contribution < 1.29 is 14.7 Å². The number of hydrogen-bond acceptors (Lipinski definition) is 5. The number of anilines is 1. The highest BCUT2D eigenvalue weighted by molar-refractivity contribution is 5.93. The molecule has 1 aliphatic rings. The van der Waals surface area contributed by atoms with Crippen LogP contribution in [0.4, 0.5) is 5.69 Å². The van der Waals surface area contributed by atoms with Crippen molar-refractivity contribution in [2.24, 2.45) is 0 Å². The molecule has 114 valence electrons. The monoisotopic (exact) mass is 292 g/mol. The molecule has 1 aromatic rings. The molecule has 0 saturated carbocycles. The lowest BCUT2D eigenvalue weighted by Gasteiger charge is -2.23. The third-order valence-electron chi connectivity index (χ3n) is 3.52. The molecule has 1 amide bonds. The van der Waals surface area contributed by atoms with Gasteiger partial charge >= 0.3 is 5.97 Å². The summed E-state index contributed by atoms with van der Waals surface area (Å²) in [6, 6.07) is 0. The molecule has 0 radical (unpaired) electrons. The average molecular weight is 292 g/mol. The molecule has 1 N–H and O–H groups in total. The van der Waals surface area contributed by atoms with E-state index < -0.39 is 5.97 Å². The van der Waals surface area contributed by atoms with Gasteiger partial charge in [-0.1, -0.05) is 13.8 Å². The van der Waals surface area contributed by atoms with Crippen LogP contribution in [0, 0.1) is 0 Å². The van der Waals surface area contributed by atoms with E-state index in [-0.39, 0.29) is 24.1 Å². The van der Waals surface area contributed by atoms with E-state index in [2.05, 4.69) is 9.97 Å². The molecular formula is C14H20N4O3. The number of aromatic carboxylic acids is 1. The summed E-state index contributed by atoms with van der Waals surface area (Å²) in [5.41, 5.74) is 0.376. The van der Waals surface area contributed by atoms with E-state index in [0.717, 1.165) is 6.42 Å². The van der Waals surface area contributed by atoms with Crippen molar-refractivity contribution >= 4 is 17.6 Å². The number of hydrogen-bond donors (Lipinski definition) is 1. The van der Waals surface area contributed by atoms with Gasteiger partial charge in [0, 0.05) is 26.1 Å². The minimum Gasteiger partial charge on any atom is -0.476 e. The van der Waals surface area contributed by atoms with E-state index in [4.69, 9.17) is 0 Å². The van der Waals surface area contributed by atoms with Crippen LogP contribution < -0.4 is 4.90 Å². The second-order valence-electron chi connectivity index (χ2n) is 5.51. The molecule has 1 fully saturated rings. The fraction of sp³-hybridized carbons (Fsp3) is 0.571. The smallest absolute Gasteiger partial charge is 0.356 e. The van der Waals surface area contributed by atoms with E-state index in [1.54, 1.807) is 16.8 Å². The lowest BCUT2D eigenvalue weighted by molar-refractivity contribution is -0.127. The summed E-state index contributed by atoms with van der Waals surface area (Å²) in [6.07, 6.45) is 2.30. The molecule has 2 rings (SSSR count). The predicted octanol–water partition coefficient (Wildman–Crippen LogP) is 0.967. The molecule has 7 nitrogen and oxygen atoms in total. The fourth-order valence-electron chi connectivity index (χ4n) is 2.25. The van der Waals surface area contributed by atoms with E-state index in [0.29, 0.717) is 24.6 Å². The van der Waals surface area contributed by atoms with Crippen molar-refractivity contribution in [2.75, 3.05) is 31.6 Å². The standard InChI is InChI=1S/C14H20N4O3/c1-9(2)13-15-7-10(12(16-13)14(20)21)18-6-4-5-17(3)11(19)8-18/h7,9H,4-6,8H2,1-3H3,(H,20,21). The zero-order chi connectivity index (χ0) is 15.6. The Hall–Kier alpha value is -2.18. The molecule has 0 bridgehead atoms. The maximum absolute atomic E-state index is 12.0. The first-order valence-electron chi connectivity index (χ1n) is 6.99. The largest absolute Gasteiger partial charge is 0.476 e. The molecule has 0 atom stereocenters. The van der Waals surface area contributed by atoms with Crippen LogP contribution in [-0.4, -0.2) is 58.5 Å². The molecule has 1 aliphatic heterocycles. The number of carboxylic acid groups (broad SMARTS) is 1. The predicted molar refractivity (Wildman–Crippen MR) is 77.5 cm³/mol. The average Bonchev–Trinajstić information content (AvgIpc) is 2.60. The number of carboxylic acids is 1. The van der Waals surface area contributed by atoms with Crippen molar-refractivity contribution in [1.29, 1.82) is 0 Å². The molecule has 0 spiro atoms. The Labute approximate surface area is 123 Å². The second-order valence-corrected chi connectivity index (χ2v) is 5.51. The van der Waals surface area contributed by atoms with Crippen LogP contribution in [0.3, 0.4) is 0 Å². The van der Waals surface area contributed by atoms with Crippen LogP contribution in [0.2, 0.25) is 0 Å². The van der Waals surface area contributed by atoms with Gasteiger partial charge < -0.3 is 14.9 Å². The lowest BCUT2D eigenvalue weighted by Crippen LogP contribution is -2.35. The number of aromatic nitrogens is 2. The van der Waals surface area contributed by atoms with Crippen molar-refractivity contribution in [1.82, 2.24) is 14.9 Å². The van der Waals surface area contributed by atoms with Gasteiger partial charge in [0.15, 0.2) is 5.69 Å². The van der Waals surface area contributed by atoms with E-state index in [1.807, 2.05) is 13.8 Å². The zero-order valence-electron chi connectivity index (χ0n) is 12.5. The summed E-state index contributed by atoms with van der Waals surface area (Å²) in [7, 11) is 1.75. The van der Waals surface area contributed by atoms with E-state index in [9.17, 15) is 14.7 Å². The normalized spacial score (nSPS) is 16.3. The zero-order valence-corrected chi connectivity index (χ0v) is 12.5. The minimum atomic E-state index is -1.10. The van der Waals surface area contributed by atoms with Gasteiger partial charge in [0.2, 0.25) is 5.91 Å². The fourth-order valence-corrected chi connectivity index (χ4v) is 2.25. The minimum absolute atomic E-state index is 0.0308. The van der Waals surface area contributed by atoms with Gasteiger partial charge in [-0.05, 0) is 6.42 Å². The van der Waals surface area contributed by atoms with Gasteiger partial charge in [-0.25, -0.2) is 14.8 Å². The first kappa shape index (κ1) is 15.2. The van der Waals surface area contributed by atoms with Crippen LogP contribution in [0.1, 0.15) is 42.5 Å². The van der Waals surface area contributed by atoms with E-state index >= 15 is 0 Å². The van der Waals surface area contributed by atoms with Gasteiger partial charge in [0.05, 0.1) is 18.4 Å². The van der Waals surface area contributed by atoms with Gasteiger partial charge in [0.1, 0.15) is 5.82 Å². The summed E-state index contributed by atoms with van der Waals surface area (Å²) >= 11 is 0. The van der Waals surface area contributed by atoms with Gasteiger partial charge in [-0.15, -0.1) is 0 Å². The third kappa shape index (κ3) is 3.29. The molecule has 0 aromatic carbocycles. The van der Waals surface area contributed by atoms with Crippen molar-refractivity contribution in [2.45, 2.75) is 26.2 Å². The number of rotatable bonds is 3. The number of carbonyl (C=O) groups is 2. The Kier molecular flexibility index (Phi) is 4.40. The molecule has 1 saturated heterocycles. The Morgan fingerprint density at radius 3 is 2.71 bits per heavy atom. The van der Waals surface area contributed by atoms with Crippen molar-refractivity contribution in [3.8, 4) is 0 Å². The Morgan fingerprint density at radius 2 is 2.10 bits per heavy atom. The van der Waals surface area contributed by atoms with Gasteiger partial charge in [-0.2, -0.15) is 0 Å². The topological polar surface area (TPSA) is 86.6 Å². The maximum Gasteiger partial charge on any atom is 0.356 e. The molecule has 7 heteroatoms. The first-order chi connectivity index (χ1) is 9.90. The van der Waals surface area contributed by atoms with Crippen molar-refractivity contribution in [3.63, 3.8) is 0 Å². The maximum atomic E-state index is 12.0. The number of carbonyl (C=O) groups excluding carboxylic acids is 1. The van der Waals surface area contributed by atoms with Crippen LogP contribution in [0.5, 0.6) is 0 Å². The van der Waals surface area contributed by atoms with Crippen molar-refractivity contribution in [3.05, 3.63) is 17.7 Å². The highest BCUT2D eigenvalue weighted by Gasteiger charge is 2.25. The highest BCUT2D eigenvalue weighted by atomic mass is 16.4. The third-order valence-corrected chi connectivity index (χ3v) is 3.52. The Morgan fingerprint density at radius 1 is 1.38 bits per heavy atom. The van der Waals surface area contributed by atoms with Gasteiger partial charge in [0.25, 0.3) is 0 Å². The summed E-state index contributed by atoms with van der Waals surface area (Å²) in [5, 5.41) is 9.38. The summed E-state index contributed by atoms with van der Waals surface area (Å²) in [4.78, 5) is 35.2. The quantitative estimate of drug-likeness (QED) is 0.893. The number of nitrogens with zero attached hydrogens (tertiary/aromatic N) is 4. The SMILES string of the molecule is CC(C)c1ncc(N2CCCN(C)C(=O)C2)c(C(=O)O)n1. The highest BCUT2D eigenvalue weighted by Crippen LogP contribution is 2.22. The van der Waals surface area contributed by atoms with Gasteiger partial charge in [-0.3, -0.25) is 4.79 Å². The Balaban J connectivity index is 2.38. The number of amides is 1. The Bertz CT molecular complexity index is 559. The first-order valence-corrected chi connectivity index (χ1v) is 6.99.